The first-order chi connectivity index (χ1) is 11.5. The minimum atomic E-state index is -0.617. The van der Waals surface area contributed by atoms with Crippen LogP contribution in [0.1, 0.15) is 20.3 Å². The van der Waals surface area contributed by atoms with Gasteiger partial charge in [0.25, 0.3) is 0 Å². The summed E-state index contributed by atoms with van der Waals surface area (Å²) in [6.07, 6.45) is 0.773. The first-order valence-corrected chi connectivity index (χ1v) is 8.93. The van der Waals surface area contributed by atoms with Crippen LogP contribution in [-0.2, 0) is 14.3 Å². The molecular weight excluding hydrogens is 330 g/mol. The molecule has 0 fully saturated rings. The van der Waals surface area contributed by atoms with Gasteiger partial charge in [-0.2, -0.15) is 0 Å². The van der Waals surface area contributed by atoms with E-state index in [0.29, 0.717) is 19.0 Å². The van der Waals surface area contributed by atoms with Gasteiger partial charge in [-0.15, -0.1) is 11.8 Å². The largest absolute Gasteiger partial charge is 0.486 e. The fourth-order valence-electron chi connectivity index (χ4n) is 2.27. The van der Waals surface area contributed by atoms with Crippen LogP contribution >= 0.6 is 11.8 Å². The number of esters is 1. The van der Waals surface area contributed by atoms with E-state index in [1.807, 2.05) is 32.0 Å². The molecule has 0 saturated carbocycles. The van der Waals surface area contributed by atoms with Crippen LogP contribution in [0, 0.1) is 5.92 Å². The van der Waals surface area contributed by atoms with E-state index in [1.165, 1.54) is 18.9 Å². The number of carbonyl (C=O) groups is 2. The molecule has 1 aliphatic rings. The zero-order chi connectivity index (χ0) is 17.5. The molecule has 1 aliphatic heterocycles. The zero-order valence-electron chi connectivity index (χ0n) is 14.2. The van der Waals surface area contributed by atoms with E-state index in [2.05, 4.69) is 5.32 Å². The monoisotopic (exact) mass is 353 g/mol. The number of benzene rings is 1. The van der Waals surface area contributed by atoms with Gasteiger partial charge in [0.2, 0.25) is 5.91 Å². The van der Waals surface area contributed by atoms with Gasteiger partial charge in [0.05, 0.1) is 12.9 Å². The van der Waals surface area contributed by atoms with Gasteiger partial charge in [0.15, 0.2) is 11.5 Å². The maximum atomic E-state index is 12.2. The van der Waals surface area contributed by atoms with Crippen molar-refractivity contribution in [3.8, 4) is 11.5 Å². The third-order valence-electron chi connectivity index (χ3n) is 3.87. The smallest absolute Gasteiger partial charge is 0.328 e. The second-order valence-electron chi connectivity index (χ2n) is 5.55. The van der Waals surface area contributed by atoms with E-state index in [1.54, 1.807) is 0 Å². The fourth-order valence-corrected chi connectivity index (χ4v) is 3.01. The van der Waals surface area contributed by atoms with Crippen molar-refractivity contribution < 1.29 is 23.8 Å². The molecule has 0 aliphatic carbocycles. The van der Waals surface area contributed by atoms with Gasteiger partial charge >= 0.3 is 5.97 Å². The lowest BCUT2D eigenvalue weighted by atomic mass is 9.99. The molecule has 0 saturated heterocycles. The Hall–Kier alpha value is -1.89. The van der Waals surface area contributed by atoms with Crippen molar-refractivity contribution in [1.29, 1.82) is 0 Å². The van der Waals surface area contributed by atoms with Crippen LogP contribution in [0.25, 0.3) is 0 Å². The van der Waals surface area contributed by atoms with E-state index in [9.17, 15) is 9.59 Å². The first-order valence-electron chi connectivity index (χ1n) is 7.94. The predicted molar refractivity (Wildman–Crippen MR) is 91.6 cm³/mol. The van der Waals surface area contributed by atoms with Crippen LogP contribution in [0.4, 0.5) is 0 Å². The Bertz CT molecular complexity index is 592. The minimum absolute atomic E-state index is 0.0145. The number of amides is 1. The summed E-state index contributed by atoms with van der Waals surface area (Å²) in [6.45, 7) is 4.95. The van der Waals surface area contributed by atoms with Crippen molar-refractivity contribution in [3.63, 3.8) is 0 Å². The number of carbonyl (C=O) groups excluding carboxylic acids is 2. The number of fused-ring (bicyclic) bond motifs is 1. The SMILES string of the molecule is CC[C@H](C)[C@@H](NC(=O)CSc1ccc2c(c1)OCCO2)C(=O)OC. The van der Waals surface area contributed by atoms with Gasteiger partial charge in [-0.25, -0.2) is 4.79 Å². The molecule has 24 heavy (non-hydrogen) atoms. The van der Waals surface area contributed by atoms with E-state index >= 15 is 0 Å². The summed E-state index contributed by atoms with van der Waals surface area (Å²) in [5.41, 5.74) is 0. The summed E-state index contributed by atoms with van der Waals surface area (Å²) in [6, 6.07) is 4.97. The summed E-state index contributed by atoms with van der Waals surface area (Å²) in [7, 11) is 1.33. The lowest BCUT2D eigenvalue weighted by Gasteiger charge is -2.22. The Balaban J connectivity index is 1.91. The Morgan fingerprint density at radius 2 is 2.00 bits per heavy atom. The highest BCUT2D eigenvalue weighted by molar-refractivity contribution is 8.00. The van der Waals surface area contributed by atoms with Crippen LogP contribution in [0.15, 0.2) is 23.1 Å². The minimum Gasteiger partial charge on any atom is -0.486 e. The number of ether oxygens (including phenoxy) is 3. The van der Waals surface area contributed by atoms with Crippen molar-refractivity contribution in [1.82, 2.24) is 5.32 Å². The number of thioether (sulfide) groups is 1. The molecule has 2 rings (SSSR count). The van der Waals surface area contributed by atoms with Gasteiger partial charge in [0, 0.05) is 4.90 Å². The summed E-state index contributed by atoms with van der Waals surface area (Å²) in [5, 5.41) is 2.76. The fraction of sp³-hybridized carbons (Fsp3) is 0.529. The van der Waals surface area contributed by atoms with Crippen molar-refractivity contribution in [2.75, 3.05) is 26.1 Å². The quantitative estimate of drug-likeness (QED) is 0.599. The second-order valence-corrected chi connectivity index (χ2v) is 6.60. The lowest BCUT2D eigenvalue weighted by molar-refractivity contribution is -0.146. The van der Waals surface area contributed by atoms with Crippen LogP contribution in [0.2, 0.25) is 0 Å². The molecule has 6 nitrogen and oxygen atoms in total. The maximum Gasteiger partial charge on any atom is 0.328 e. The summed E-state index contributed by atoms with van der Waals surface area (Å²) < 4.78 is 15.8. The Labute approximate surface area is 146 Å². The van der Waals surface area contributed by atoms with Crippen molar-refractivity contribution in [3.05, 3.63) is 18.2 Å². The summed E-state index contributed by atoms with van der Waals surface area (Å²) in [5.74, 6) is 1.02. The highest BCUT2D eigenvalue weighted by Gasteiger charge is 2.26. The molecule has 2 atom stereocenters. The molecular formula is C17H23NO5S. The van der Waals surface area contributed by atoms with Crippen LogP contribution in [0.5, 0.6) is 11.5 Å². The number of rotatable bonds is 7. The lowest BCUT2D eigenvalue weighted by Crippen LogP contribution is -2.46. The zero-order valence-corrected chi connectivity index (χ0v) is 15.0. The van der Waals surface area contributed by atoms with Gasteiger partial charge in [0.1, 0.15) is 19.3 Å². The molecule has 0 spiro atoms. The summed E-state index contributed by atoms with van der Waals surface area (Å²) >= 11 is 1.38. The second kappa shape index (κ2) is 8.82. The topological polar surface area (TPSA) is 73.9 Å². The van der Waals surface area contributed by atoms with E-state index in [-0.39, 0.29) is 17.6 Å². The van der Waals surface area contributed by atoms with Gasteiger partial charge in [-0.3, -0.25) is 4.79 Å². The third kappa shape index (κ3) is 4.80. The normalized spacial score (nSPS) is 15.3. The molecule has 0 aromatic heterocycles. The van der Waals surface area contributed by atoms with Crippen molar-refractivity contribution in [2.45, 2.75) is 31.2 Å². The number of hydrogen-bond acceptors (Lipinski definition) is 6. The van der Waals surface area contributed by atoms with Crippen molar-refractivity contribution in [2.24, 2.45) is 5.92 Å². The maximum absolute atomic E-state index is 12.2. The number of hydrogen-bond donors (Lipinski definition) is 1. The van der Waals surface area contributed by atoms with Crippen molar-refractivity contribution >= 4 is 23.6 Å². The average molecular weight is 353 g/mol. The predicted octanol–water partition coefficient (Wildman–Crippen LogP) is 2.25. The molecule has 0 bridgehead atoms. The molecule has 0 radical (unpaired) electrons. The highest BCUT2D eigenvalue weighted by atomic mass is 32.2. The van der Waals surface area contributed by atoms with E-state index in [0.717, 1.165) is 17.1 Å². The summed E-state index contributed by atoms with van der Waals surface area (Å²) in [4.78, 5) is 24.9. The van der Waals surface area contributed by atoms with Gasteiger partial charge in [-0.1, -0.05) is 20.3 Å². The third-order valence-corrected chi connectivity index (χ3v) is 4.86. The standard InChI is InChI=1S/C17H23NO5S/c1-4-11(2)16(17(20)21-3)18-15(19)10-24-12-5-6-13-14(9-12)23-8-7-22-13/h5-6,9,11,16H,4,7-8,10H2,1-3H3,(H,18,19)/t11-,16+/m0/s1. The first kappa shape index (κ1) is 18.4. The van der Waals surface area contributed by atoms with E-state index < -0.39 is 12.0 Å². The Kier molecular flexibility index (Phi) is 6.78. The number of nitrogens with one attached hydrogen (secondary N) is 1. The molecule has 0 unspecified atom stereocenters. The van der Waals surface area contributed by atoms with Crippen LogP contribution < -0.4 is 14.8 Å². The van der Waals surface area contributed by atoms with Gasteiger partial charge in [-0.05, 0) is 24.1 Å². The molecule has 1 aromatic rings. The molecule has 1 aromatic carbocycles. The molecule has 1 amide bonds. The average Bonchev–Trinajstić information content (AvgIpc) is 2.62. The molecule has 1 heterocycles. The number of methoxy groups -OCH3 is 1. The highest BCUT2D eigenvalue weighted by Crippen LogP contribution is 2.34. The van der Waals surface area contributed by atoms with Crippen LogP contribution in [-0.4, -0.2) is 44.0 Å². The molecule has 7 heteroatoms. The van der Waals surface area contributed by atoms with Crippen LogP contribution in [0.3, 0.4) is 0 Å². The molecule has 132 valence electrons. The van der Waals surface area contributed by atoms with Gasteiger partial charge < -0.3 is 19.5 Å². The molecule has 1 N–H and O–H groups in total. The Morgan fingerprint density at radius 1 is 1.29 bits per heavy atom. The Morgan fingerprint density at radius 3 is 2.67 bits per heavy atom. The van der Waals surface area contributed by atoms with E-state index in [4.69, 9.17) is 14.2 Å².